The Morgan fingerprint density at radius 3 is 2.58 bits per heavy atom. The monoisotopic (exact) mass is 351 g/mol. The minimum Gasteiger partial charge on any atom is -0.497 e. The number of ether oxygens (including phenoxy) is 1. The third-order valence-corrected chi connectivity index (χ3v) is 3.94. The molecule has 0 atom stereocenters. The summed E-state index contributed by atoms with van der Waals surface area (Å²) in [5.41, 5.74) is 1.77. The Balaban J connectivity index is 1.47. The quantitative estimate of drug-likeness (QED) is 0.715. The number of carbonyl (C=O) groups is 1. The third kappa shape index (κ3) is 4.38. The lowest BCUT2D eigenvalue weighted by Gasteiger charge is -2.09. The third-order valence-electron chi connectivity index (χ3n) is 3.94. The van der Waals surface area contributed by atoms with Gasteiger partial charge < -0.3 is 15.4 Å². The Morgan fingerprint density at radius 1 is 1.15 bits per heavy atom. The van der Waals surface area contributed by atoms with Crippen molar-refractivity contribution in [1.82, 2.24) is 19.9 Å². The minimum absolute atomic E-state index is 0.258. The molecular weight excluding hydrogens is 330 g/mol. The zero-order chi connectivity index (χ0) is 18.4. The lowest BCUT2D eigenvalue weighted by Crippen LogP contribution is -2.30. The Morgan fingerprint density at radius 2 is 1.96 bits per heavy atom. The summed E-state index contributed by atoms with van der Waals surface area (Å²) in [6.45, 7) is 2.45. The van der Waals surface area contributed by atoms with E-state index in [9.17, 15) is 4.79 Å². The Bertz CT molecular complexity index is 856. The summed E-state index contributed by atoms with van der Waals surface area (Å²) in [6.07, 6.45) is 5.93. The predicted molar refractivity (Wildman–Crippen MR) is 99.8 cm³/mol. The van der Waals surface area contributed by atoms with Gasteiger partial charge in [0.25, 0.3) is 0 Å². The van der Waals surface area contributed by atoms with Gasteiger partial charge >= 0.3 is 6.03 Å². The molecule has 0 unspecified atom stereocenters. The molecule has 0 aliphatic heterocycles. The molecule has 1 aromatic carbocycles. The molecule has 0 radical (unpaired) electrons. The van der Waals surface area contributed by atoms with Gasteiger partial charge in [0, 0.05) is 18.9 Å². The first-order valence-corrected chi connectivity index (χ1v) is 8.30. The van der Waals surface area contributed by atoms with Crippen LogP contribution in [0.5, 0.6) is 5.75 Å². The highest BCUT2D eigenvalue weighted by Crippen LogP contribution is 2.12. The van der Waals surface area contributed by atoms with Gasteiger partial charge in [-0.15, -0.1) is 0 Å². The van der Waals surface area contributed by atoms with Crippen LogP contribution in [-0.2, 0) is 6.42 Å². The maximum absolute atomic E-state index is 12.0. The van der Waals surface area contributed by atoms with E-state index in [1.807, 2.05) is 54.1 Å². The van der Waals surface area contributed by atoms with E-state index >= 15 is 0 Å². The van der Waals surface area contributed by atoms with Gasteiger partial charge in [-0.2, -0.15) is 0 Å². The number of pyridine rings is 1. The van der Waals surface area contributed by atoms with E-state index in [1.165, 1.54) is 0 Å². The fourth-order valence-electron chi connectivity index (χ4n) is 2.51. The number of imidazole rings is 1. The summed E-state index contributed by atoms with van der Waals surface area (Å²) < 4.78 is 7.00. The number of hydrogen-bond donors (Lipinski definition) is 2. The molecule has 0 fully saturated rings. The van der Waals surface area contributed by atoms with Gasteiger partial charge in [-0.3, -0.25) is 4.57 Å². The van der Waals surface area contributed by atoms with Crippen LogP contribution in [-0.4, -0.2) is 34.2 Å². The smallest absolute Gasteiger partial charge is 0.319 e. The highest BCUT2D eigenvalue weighted by Gasteiger charge is 2.05. The first-order chi connectivity index (χ1) is 12.7. The summed E-state index contributed by atoms with van der Waals surface area (Å²) >= 11 is 0. The van der Waals surface area contributed by atoms with E-state index in [0.717, 1.165) is 29.4 Å². The zero-order valence-corrected chi connectivity index (χ0v) is 14.8. The number of hydrogen-bond acceptors (Lipinski definition) is 4. The Hall–Kier alpha value is -3.35. The van der Waals surface area contributed by atoms with Crippen LogP contribution in [0.4, 0.5) is 10.5 Å². The second-order valence-corrected chi connectivity index (χ2v) is 5.73. The van der Waals surface area contributed by atoms with E-state index in [2.05, 4.69) is 20.6 Å². The van der Waals surface area contributed by atoms with Crippen LogP contribution in [0.15, 0.2) is 55.0 Å². The molecule has 2 amide bonds. The number of rotatable bonds is 6. The standard InChI is InChI=1S/C19H21N5O2/c1-14-20-11-12-24(14)18-8-5-16(13-22-18)23-19(25)21-10-9-15-3-6-17(26-2)7-4-15/h3-8,11-13H,9-10H2,1-2H3,(H2,21,23,25). The molecule has 3 rings (SSSR count). The number of amides is 2. The molecule has 3 aromatic rings. The molecule has 0 spiro atoms. The van der Waals surface area contributed by atoms with Gasteiger partial charge in [-0.1, -0.05) is 12.1 Å². The lowest BCUT2D eigenvalue weighted by molar-refractivity contribution is 0.252. The van der Waals surface area contributed by atoms with E-state index in [-0.39, 0.29) is 6.03 Å². The zero-order valence-electron chi connectivity index (χ0n) is 14.8. The number of aryl methyl sites for hydroxylation is 1. The van der Waals surface area contributed by atoms with Crippen LogP contribution >= 0.6 is 0 Å². The van der Waals surface area contributed by atoms with E-state index in [1.54, 1.807) is 19.5 Å². The molecule has 2 N–H and O–H groups in total. The van der Waals surface area contributed by atoms with Gasteiger partial charge in [0.15, 0.2) is 0 Å². The lowest BCUT2D eigenvalue weighted by atomic mass is 10.1. The average Bonchev–Trinajstić information content (AvgIpc) is 3.09. The molecule has 7 heteroatoms. The average molecular weight is 351 g/mol. The van der Waals surface area contributed by atoms with Crippen molar-refractivity contribution in [3.8, 4) is 11.6 Å². The molecule has 134 valence electrons. The van der Waals surface area contributed by atoms with E-state index in [0.29, 0.717) is 12.2 Å². The van der Waals surface area contributed by atoms with Crippen LogP contribution in [0.25, 0.3) is 5.82 Å². The topological polar surface area (TPSA) is 81.1 Å². The maximum Gasteiger partial charge on any atom is 0.319 e. The van der Waals surface area contributed by atoms with E-state index in [4.69, 9.17) is 4.74 Å². The SMILES string of the molecule is COc1ccc(CCNC(=O)Nc2ccc(-n3ccnc3C)nc2)cc1. The summed E-state index contributed by atoms with van der Waals surface area (Å²) in [5, 5.41) is 5.61. The summed E-state index contributed by atoms with van der Waals surface area (Å²) in [4.78, 5) is 20.5. The number of carbonyl (C=O) groups excluding carboxylic acids is 1. The van der Waals surface area contributed by atoms with Crippen LogP contribution in [0.3, 0.4) is 0 Å². The number of anilines is 1. The van der Waals surface area contributed by atoms with Crippen LogP contribution in [0.2, 0.25) is 0 Å². The summed E-state index contributed by atoms with van der Waals surface area (Å²) in [6, 6.07) is 11.2. The molecule has 26 heavy (non-hydrogen) atoms. The first kappa shape index (κ1) is 17.5. The fraction of sp³-hybridized carbons (Fsp3) is 0.211. The molecular formula is C19H21N5O2. The fourth-order valence-corrected chi connectivity index (χ4v) is 2.51. The van der Waals surface area contributed by atoms with Gasteiger partial charge in [0.1, 0.15) is 17.4 Å². The van der Waals surface area contributed by atoms with Crippen molar-refractivity contribution in [2.75, 3.05) is 19.0 Å². The molecule has 2 aromatic heterocycles. The normalized spacial score (nSPS) is 10.4. The van der Waals surface area contributed by atoms with Gasteiger partial charge in [0.2, 0.25) is 0 Å². The van der Waals surface area contributed by atoms with Crippen molar-refractivity contribution >= 4 is 11.7 Å². The summed E-state index contributed by atoms with van der Waals surface area (Å²) in [7, 11) is 1.64. The molecule has 0 aliphatic carbocycles. The van der Waals surface area contributed by atoms with Gasteiger partial charge in [-0.05, 0) is 43.2 Å². The number of nitrogens with zero attached hydrogens (tertiary/aromatic N) is 3. The number of urea groups is 1. The highest BCUT2D eigenvalue weighted by atomic mass is 16.5. The van der Waals surface area contributed by atoms with Crippen molar-refractivity contribution in [2.24, 2.45) is 0 Å². The number of aromatic nitrogens is 3. The first-order valence-electron chi connectivity index (χ1n) is 8.30. The van der Waals surface area contributed by atoms with Gasteiger partial charge in [-0.25, -0.2) is 14.8 Å². The number of benzene rings is 1. The van der Waals surface area contributed by atoms with Crippen molar-refractivity contribution in [3.05, 3.63) is 66.4 Å². The van der Waals surface area contributed by atoms with Crippen LogP contribution < -0.4 is 15.4 Å². The Labute approximate surface area is 152 Å². The molecule has 2 heterocycles. The largest absolute Gasteiger partial charge is 0.497 e. The maximum atomic E-state index is 12.0. The second-order valence-electron chi connectivity index (χ2n) is 5.73. The molecule has 0 saturated heterocycles. The minimum atomic E-state index is -0.258. The molecule has 0 saturated carbocycles. The van der Waals surface area contributed by atoms with Crippen LogP contribution in [0.1, 0.15) is 11.4 Å². The predicted octanol–water partition coefficient (Wildman–Crippen LogP) is 2.95. The molecule has 0 aliphatic rings. The van der Waals surface area contributed by atoms with E-state index < -0.39 is 0 Å². The van der Waals surface area contributed by atoms with Crippen molar-refractivity contribution in [2.45, 2.75) is 13.3 Å². The highest BCUT2D eigenvalue weighted by molar-refractivity contribution is 5.89. The Kier molecular flexibility index (Phi) is 5.48. The second kappa shape index (κ2) is 8.15. The van der Waals surface area contributed by atoms with Crippen LogP contribution in [0, 0.1) is 6.92 Å². The van der Waals surface area contributed by atoms with Gasteiger partial charge in [0.05, 0.1) is 19.0 Å². The van der Waals surface area contributed by atoms with Crippen molar-refractivity contribution in [1.29, 1.82) is 0 Å². The van der Waals surface area contributed by atoms with Crippen molar-refractivity contribution in [3.63, 3.8) is 0 Å². The number of nitrogens with one attached hydrogen (secondary N) is 2. The molecule has 0 bridgehead atoms. The number of methoxy groups -OCH3 is 1. The molecule has 7 nitrogen and oxygen atoms in total. The summed E-state index contributed by atoms with van der Waals surface area (Å²) in [5.74, 6) is 2.43. The van der Waals surface area contributed by atoms with Crippen molar-refractivity contribution < 1.29 is 9.53 Å².